The Balaban J connectivity index is 2.69. The number of amides is 1. The zero-order valence-electron chi connectivity index (χ0n) is 11.2. The summed E-state index contributed by atoms with van der Waals surface area (Å²) in [6.07, 6.45) is 0. The number of nitrogens with zero attached hydrogens (tertiary/aromatic N) is 2. The van der Waals surface area contributed by atoms with Crippen LogP contribution in [0.5, 0.6) is 0 Å². The van der Waals surface area contributed by atoms with Crippen molar-refractivity contribution in [3.8, 4) is 0 Å². The number of likely N-dealkylation sites (N-methyl/N-ethyl adjacent to an activating group) is 1. The summed E-state index contributed by atoms with van der Waals surface area (Å²) in [5, 5.41) is 10.3. The predicted molar refractivity (Wildman–Crippen MR) is 68.2 cm³/mol. The number of aromatic nitrogens is 2. The van der Waals surface area contributed by atoms with Gasteiger partial charge >= 0.3 is 0 Å². The minimum absolute atomic E-state index is 0.0750. The van der Waals surface area contributed by atoms with Gasteiger partial charge in [-0.05, 0) is 26.0 Å². The van der Waals surface area contributed by atoms with Crippen LogP contribution in [0.1, 0.15) is 42.9 Å². The molecule has 0 aliphatic heterocycles. The smallest absolute Gasteiger partial charge is 0.269 e. The van der Waals surface area contributed by atoms with Crippen LogP contribution in [0.2, 0.25) is 0 Å². The molecule has 0 aliphatic rings. The third kappa shape index (κ3) is 3.56. The van der Waals surface area contributed by atoms with E-state index >= 15 is 0 Å². The number of carbonyl (C=O) groups excluding carboxylic acids is 1. The Bertz CT molecular complexity index is 384. The molecule has 0 saturated heterocycles. The molecule has 1 atom stereocenters. The molecular formula is C12H22N4O. The van der Waals surface area contributed by atoms with Crippen molar-refractivity contribution in [2.75, 3.05) is 13.6 Å². The fourth-order valence-corrected chi connectivity index (χ4v) is 1.42. The molecule has 17 heavy (non-hydrogen) atoms. The minimum atomic E-state index is -0.0750. The van der Waals surface area contributed by atoms with Gasteiger partial charge in [-0.25, -0.2) is 0 Å². The highest BCUT2D eigenvalue weighted by molar-refractivity contribution is 5.92. The molecule has 0 spiro atoms. The lowest BCUT2D eigenvalue weighted by Crippen LogP contribution is -2.37. The van der Waals surface area contributed by atoms with Crippen molar-refractivity contribution < 1.29 is 4.79 Å². The quantitative estimate of drug-likeness (QED) is 0.800. The Labute approximate surface area is 103 Å². The fraction of sp³-hybridized carbons (Fsp3) is 0.667. The summed E-state index contributed by atoms with van der Waals surface area (Å²) in [7, 11) is 3.67. The van der Waals surface area contributed by atoms with E-state index in [-0.39, 0.29) is 11.9 Å². The highest BCUT2D eigenvalue weighted by atomic mass is 16.2. The second-order valence-electron chi connectivity index (χ2n) is 4.63. The van der Waals surface area contributed by atoms with Gasteiger partial charge in [0, 0.05) is 19.6 Å². The van der Waals surface area contributed by atoms with Gasteiger partial charge in [-0.2, -0.15) is 5.10 Å². The molecule has 1 aromatic rings. The van der Waals surface area contributed by atoms with E-state index < -0.39 is 0 Å². The second-order valence-corrected chi connectivity index (χ2v) is 4.63. The molecule has 5 nitrogen and oxygen atoms in total. The van der Waals surface area contributed by atoms with Gasteiger partial charge in [0.25, 0.3) is 5.91 Å². The van der Waals surface area contributed by atoms with Crippen molar-refractivity contribution in [3.63, 3.8) is 0 Å². The predicted octanol–water partition coefficient (Wildman–Crippen LogP) is 0.881. The van der Waals surface area contributed by atoms with E-state index in [0.717, 1.165) is 5.69 Å². The number of hydrogen-bond donors (Lipinski definition) is 2. The molecule has 1 amide bonds. The van der Waals surface area contributed by atoms with Crippen LogP contribution in [0.3, 0.4) is 0 Å². The Morgan fingerprint density at radius 3 is 2.59 bits per heavy atom. The molecule has 0 aromatic carbocycles. The zero-order valence-corrected chi connectivity index (χ0v) is 11.2. The number of nitrogens with one attached hydrogen (secondary N) is 2. The van der Waals surface area contributed by atoms with Crippen molar-refractivity contribution >= 4 is 5.91 Å². The molecule has 1 unspecified atom stereocenters. The Morgan fingerprint density at radius 2 is 2.12 bits per heavy atom. The van der Waals surface area contributed by atoms with Crippen molar-refractivity contribution in [1.29, 1.82) is 0 Å². The van der Waals surface area contributed by atoms with Crippen molar-refractivity contribution in [2.45, 2.75) is 32.7 Å². The van der Waals surface area contributed by atoms with Crippen molar-refractivity contribution in [1.82, 2.24) is 20.4 Å². The number of rotatable bonds is 5. The van der Waals surface area contributed by atoms with Gasteiger partial charge in [-0.15, -0.1) is 0 Å². The van der Waals surface area contributed by atoms with Crippen LogP contribution in [-0.2, 0) is 7.05 Å². The molecule has 0 radical (unpaired) electrons. The molecule has 2 N–H and O–H groups in total. The average Bonchev–Trinajstić information content (AvgIpc) is 2.68. The summed E-state index contributed by atoms with van der Waals surface area (Å²) in [6.45, 7) is 6.75. The maximum atomic E-state index is 11.9. The lowest BCUT2D eigenvalue weighted by atomic mass is 10.1. The second kappa shape index (κ2) is 5.82. The van der Waals surface area contributed by atoms with E-state index in [4.69, 9.17) is 0 Å². The van der Waals surface area contributed by atoms with Crippen LogP contribution in [0.15, 0.2) is 6.07 Å². The summed E-state index contributed by atoms with van der Waals surface area (Å²) >= 11 is 0. The third-order valence-corrected chi connectivity index (χ3v) is 2.78. The van der Waals surface area contributed by atoms with E-state index in [1.165, 1.54) is 0 Å². The fourth-order valence-electron chi connectivity index (χ4n) is 1.42. The Kier molecular flexibility index (Phi) is 4.69. The van der Waals surface area contributed by atoms with Crippen LogP contribution in [0, 0.1) is 0 Å². The maximum absolute atomic E-state index is 11.9. The summed E-state index contributed by atoms with van der Waals surface area (Å²) in [5.41, 5.74) is 1.55. The first-order chi connectivity index (χ1) is 7.95. The first kappa shape index (κ1) is 13.7. The summed E-state index contributed by atoms with van der Waals surface area (Å²) < 4.78 is 1.63. The van der Waals surface area contributed by atoms with E-state index in [1.807, 2.05) is 20.0 Å². The molecule has 1 aromatic heterocycles. The molecule has 0 fully saturated rings. The lowest BCUT2D eigenvalue weighted by Gasteiger charge is -2.11. The summed E-state index contributed by atoms with van der Waals surface area (Å²) in [6, 6.07) is 2.11. The first-order valence-electron chi connectivity index (χ1n) is 5.95. The summed E-state index contributed by atoms with van der Waals surface area (Å²) in [4.78, 5) is 11.9. The van der Waals surface area contributed by atoms with Crippen LogP contribution in [-0.4, -0.2) is 35.3 Å². The van der Waals surface area contributed by atoms with E-state index in [9.17, 15) is 4.79 Å². The van der Waals surface area contributed by atoms with Crippen LogP contribution < -0.4 is 10.6 Å². The molecule has 0 aliphatic carbocycles. The third-order valence-electron chi connectivity index (χ3n) is 2.78. The molecule has 0 saturated carbocycles. The van der Waals surface area contributed by atoms with Gasteiger partial charge in [-0.3, -0.25) is 9.48 Å². The molecule has 1 heterocycles. The lowest BCUT2D eigenvalue weighted by molar-refractivity contribution is 0.0941. The number of carbonyl (C=O) groups is 1. The minimum Gasteiger partial charge on any atom is -0.349 e. The number of aryl methyl sites for hydroxylation is 1. The highest BCUT2D eigenvalue weighted by Crippen LogP contribution is 2.13. The Morgan fingerprint density at radius 1 is 1.47 bits per heavy atom. The highest BCUT2D eigenvalue weighted by Gasteiger charge is 2.14. The van der Waals surface area contributed by atoms with Crippen molar-refractivity contribution in [3.05, 3.63) is 17.5 Å². The van der Waals surface area contributed by atoms with Crippen molar-refractivity contribution in [2.24, 2.45) is 7.05 Å². The van der Waals surface area contributed by atoms with Crippen LogP contribution in [0.4, 0.5) is 0 Å². The topological polar surface area (TPSA) is 58.9 Å². The standard InChI is InChI=1S/C12H22N4O/c1-8(2)10-6-11(16(5)15-10)12(17)14-7-9(3)13-4/h6,8-9,13H,7H2,1-5H3,(H,14,17). The SMILES string of the molecule is CNC(C)CNC(=O)c1cc(C(C)C)nn1C. The molecule has 96 valence electrons. The van der Waals surface area contributed by atoms with Gasteiger partial charge in [0.15, 0.2) is 0 Å². The van der Waals surface area contributed by atoms with Gasteiger partial charge in [0.05, 0.1) is 5.69 Å². The molecular weight excluding hydrogens is 216 g/mol. The van der Waals surface area contributed by atoms with Crippen LogP contribution >= 0.6 is 0 Å². The number of hydrogen-bond acceptors (Lipinski definition) is 3. The molecule has 1 rings (SSSR count). The van der Waals surface area contributed by atoms with Gasteiger partial charge in [-0.1, -0.05) is 13.8 Å². The van der Waals surface area contributed by atoms with E-state index in [1.54, 1.807) is 11.7 Å². The monoisotopic (exact) mass is 238 g/mol. The van der Waals surface area contributed by atoms with E-state index in [2.05, 4.69) is 29.6 Å². The molecule has 5 heteroatoms. The van der Waals surface area contributed by atoms with Gasteiger partial charge in [0.1, 0.15) is 5.69 Å². The first-order valence-corrected chi connectivity index (χ1v) is 5.95. The molecule has 0 bridgehead atoms. The van der Waals surface area contributed by atoms with E-state index in [0.29, 0.717) is 18.2 Å². The average molecular weight is 238 g/mol. The van der Waals surface area contributed by atoms with Gasteiger partial charge < -0.3 is 10.6 Å². The maximum Gasteiger partial charge on any atom is 0.269 e. The Hall–Kier alpha value is -1.36. The normalized spacial score (nSPS) is 12.8. The van der Waals surface area contributed by atoms with Gasteiger partial charge in [0.2, 0.25) is 0 Å². The van der Waals surface area contributed by atoms with Crippen LogP contribution in [0.25, 0.3) is 0 Å². The summed E-state index contributed by atoms with van der Waals surface area (Å²) in [5.74, 6) is 0.257. The largest absolute Gasteiger partial charge is 0.349 e. The zero-order chi connectivity index (χ0) is 13.0.